The summed E-state index contributed by atoms with van der Waals surface area (Å²) >= 11 is 1.93. The second-order valence-corrected chi connectivity index (χ2v) is 10.7. The maximum Gasteiger partial charge on any atom is 0.259 e. The third-order valence-electron chi connectivity index (χ3n) is 7.19. The molecule has 32 heavy (non-hydrogen) atoms. The Morgan fingerprint density at radius 3 is 2.69 bits per heavy atom. The lowest BCUT2D eigenvalue weighted by Crippen LogP contribution is -2.77. The number of hydrogen-bond donors (Lipinski definition) is 0. The summed E-state index contributed by atoms with van der Waals surface area (Å²) < 4.78 is 16.7. The number of β-lactam (4-membered cyclic amide) rings is 1. The van der Waals surface area contributed by atoms with Crippen molar-refractivity contribution in [1.29, 1.82) is 0 Å². The van der Waals surface area contributed by atoms with Crippen LogP contribution in [0.2, 0.25) is 0 Å². The molecule has 4 rings (SSSR count). The van der Waals surface area contributed by atoms with Crippen LogP contribution >= 0.6 is 11.8 Å². The molecule has 3 fully saturated rings. The van der Waals surface area contributed by atoms with Crippen molar-refractivity contribution in [3.8, 4) is 0 Å². The van der Waals surface area contributed by atoms with Crippen molar-refractivity contribution < 1.29 is 19.0 Å². The maximum atomic E-state index is 13.3. The molecule has 178 valence electrons. The topological polar surface area (TPSA) is 60.9 Å². The van der Waals surface area contributed by atoms with Gasteiger partial charge in [0.15, 0.2) is 5.60 Å². The summed E-state index contributed by atoms with van der Waals surface area (Å²) in [7, 11) is 3.23. The van der Waals surface area contributed by atoms with Crippen molar-refractivity contribution in [2.24, 2.45) is 11.8 Å². The third-order valence-corrected chi connectivity index (χ3v) is 8.45. The number of hydrogen-bond acceptors (Lipinski definition) is 6. The lowest BCUT2D eigenvalue weighted by molar-refractivity contribution is -0.229. The minimum Gasteiger partial charge on any atom is -0.364 e. The molecule has 0 unspecified atom stereocenters. The van der Waals surface area contributed by atoms with Crippen LogP contribution in [0.3, 0.4) is 0 Å². The summed E-state index contributed by atoms with van der Waals surface area (Å²) in [5, 5.41) is 0. The Morgan fingerprint density at radius 2 is 2.00 bits per heavy atom. The predicted octanol–water partition coefficient (Wildman–Crippen LogP) is 4.06. The van der Waals surface area contributed by atoms with E-state index in [0.717, 1.165) is 35.5 Å². The highest BCUT2D eigenvalue weighted by Gasteiger charge is 2.62. The Labute approximate surface area is 196 Å². The van der Waals surface area contributed by atoms with E-state index in [1.165, 1.54) is 50.5 Å². The van der Waals surface area contributed by atoms with E-state index in [1.54, 1.807) is 14.2 Å². The number of aryl methyl sites for hydroxylation is 1. The van der Waals surface area contributed by atoms with Gasteiger partial charge in [-0.25, -0.2) is 0 Å². The van der Waals surface area contributed by atoms with E-state index in [4.69, 9.17) is 14.2 Å². The van der Waals surface area contributed by atoms with Crippen molar-refractivity contribution >= 4 is 17.7 Å². The average molecular weight is 463 g/mol. The van der Waals surface area contributed by atoms with Crippen LogP contribution in [0, 0.1) is 11.8 Å². The summed E-state index contributed by atoms with van der Waals surface area (Å²) in [6, 6.07) is 4.22. The smallest absolute Gasteiger partial charge is 0.259 e. The minimum absolute atomic E-state index is 0.0217. The van der Waals surface area contributed by atoms with Crippen LogP contribution in [0.4, 0.5) is 0 Å². The zero-order valence-corrected chi connectivity index (χ0v) is 20.4. The fourth-order valence-corrected chi connectivity index (χ4v) is 6.32. The maximum absolute atomic E-state index is 13.3. The van der Waals surface area contributed by atoms with Crippen molar-refractivity contribution in [1.82, 2.24) is 9.88 Å². The van der Waals surface area contributed by atoms with Crippen molar-refractivity contribution in [2.75, 3.05) is 39.2 Å². The largest absolute Gasteiger partial charge is 0.364 e. The van der Waals surface area contributed by atoms with E-state index in [-0.39, 0.29) is 18.7 Å². The number of amides is 1. The number of ether oxygens (including phenoxy) is 3. The molecule has 1 aliphatic heterocycles. The van der Waals surface area contributed by atoms with Gasteiger partial charge in [0.05, 0.1) is 6.04 Å². The number of nitrogens with zero attached hydrogens (tertiary/aromatic N) is 2. The van der Waals surface area contributed by atoms with Gasteiger partial charge in [-0.3, -0.25) is 9.78 Å². The molecule has 2 aliphatic carbocycles. The van der Waals surface area contributed by atoms with Crippen LogP contribution < -0.4 is 0 Å². The molecule has 0 spiro atoms. The summed E-state index contributed by atoms with van der Waals surface area (Å²) in [6.45, 7) is 0.387. The Kier molecular flexibility index (Phi) is 8.49. The highest BCUT2D eigenvalue weighted by Crippen LogP contribution is 2.40. The van der Waals surface area contributed by atoms with Crippen LogP contribution in [-0.4, -0.2) is 66.7 Å². The van der Waals surface area contributed by atoms with Gasteiger partial charge in [-0.1, -0.05) is 25.7 Å². The summed E-state index contributed by atoms with van der Waals surface area (Å²) in [4.78, 5) is 19.7. The molecular formula is C25H38N2O4S. The number of carbonyl (C=O) groups is 1. The first-order valence-electron chi connectivity index (χ1n) is 12.1. The molecule has 0 radical (unpaired) electrons. The second kappa shape index (κ2) is 11.3. The van der Waals surface area contributed by atoms with Gasteiger partial charge in [-0.15, -0.1) is 0 Å². The molecular weight excluding hydrogens is 424 g/mol. The Hall–Kier alpha value is -1.15. The molecule has 2 atom stereocenters. The van der Waals surface area contributed by atoms with Crippen molar-refractivity contribution in [3.05, 3.63) is 29.6 Å². The van der Waals surface area contributed by atoms with E-state index in [9.17, 15) is 4.79 Å². The van der Waals surface area contributed by atoms with E-state index in [0.29, 0.717) is 13.2 Å². The summed E-state index contributed by atoms with van der Waals surface area (Å²) in [5.41, 5.74) is 1.29. The number of methoxy groups -OCH3 is 2. The average Bonchev–Trinajstić information content (AvgIpc) is 3.59. The van der Waals surface area contributed by atoms with Gasteiger partial charge in [0.2, 0.25) is 0 Å². The zero-order chi connectivity index (χ0) is 22.4. The second-order valence-electron chi connectivity index (χ2n) is 9.65. The third kappa shape index (κ3) is 5.66. The van der Waals surface area contributed by atoms with Gasteiger partial charge >= 0.3 is 0 Å². The quantitative estimate of drug-likeness (QED) is 0.289. The highest BCUT2D eigenvalue weighted by atomic mass is 32.2. The van der Waals surface area contributed by atoms with Crippen molar-refractivity contribution in [3.63, 3.8) is 0 Å². The summed E-state index contributed by atoms with van der Waals surface area (Å²) in [5.74, 6) is 3.76. The normalized spacial score (nSPS) is 25.6. The molecule has 1 amide bonds. The monoisotopic (exact) mass is 462 g/mol. The first-order valence-corrected chi connectivity index (χ1v) is 13.3. The standard InChI is InChI=1S/C25H38N2O4S/c1-29-17-27-23(16-32-15-21-7-4-8-21)25(24(27)28,31-18-30-2)14-22-13-20(11-12-26-22)6-3-5-19-9-10-19/h11-13,19,21,23H,3-10,14-18H2,1-2H3/t23-,25+/m0/s1. The molecule has 2 heterocycles. The lowest BCUT2D eigenvalue weighted by Gasteiger charge is -2.54. The first kappa shape index (κ1) is 24.0. The number of aromatic nitrogens is 1. The molecule has 1 aromatic heterocycles. The van der Waals surface area contributed by atoms with Crippen LogP contribution in [0.25, 0.3) is 0 Å². The fourth-order valence-electron chi connectivity index (χ4n) is 4.85. The number of thioether (sulfide) groups is 1. The lowest BCUT2D eigenvalue weighted by atomic mass is 9.79. The highest BCUT2D eigenvalue weighted by molar-refractivity contribution is 7.99. The zero-order valence-electron chi connectivity index (χ0n) is 19.6. The van der Waals surface area contributed by atoms with Crippen LogP contribution in [0.5, 0.6) is 0 Å². The van der Waals surface area contributed by atoms with Crippen LogP contribution in [0.1, 0.15) is 56.2 Å². The number of carbonyl (C=O) groups excluding carboxylic acids is 1. The molecule has 2 saturated carbocycles. The summed E-state index contributed by atoms with van der Waals surface area (Å²) in [6.07, 6.45) is 12.8. The van der Waals surface area contributed by atoms with Gasteiger partial charge in [0.1, 0.15) is 13.5 Å². The molecule has 7 heteroatoms. The number of pyridine rings is 1. The van der Waals surface area contributed by atoms with E-state index < -0.39 is 5.60 Å². The van der Waals surface area contributed by atoms with Gasteiger partial charge in [-0.2, -0.15) is 11.8 Å². The van der Waals surface area contributed by atoms with E-state index >= 15 is 0 Å². The molecule has 0 bridgehead atoms. The molecule has 1 aromatic rings. The first-order chi connectivity index (χ1) is 15.7. The van der Waals surface area contributed by atoms with Gasteiger partial charge < -0.3 is 19.1 Å². The van der Waals surface area contributed by atoms with E-state index in [1.807, 2.05) is 22.9 Å². The number of likely N-dealkylation sites (tertiary alicyclic amines) is 1. The molecule has 3 aliphatic rings. The van der Waals surface area contributed by atoms with Crippen LogP contribution in [0.15, 0.2) is 18.3 Å². The SMILES string of the molecule is COCO[C@@]1(Cc2cc(CCCC3CC3)ccn2)C(=O)N(COC)[C@H]1CSCC1CCC1. The van der Waals surface area contributed by atoms with Crippen molar-refractivity contribution in [2.45, 2.75) is 69.4 Å². The predicted molar refractivity (Wildman–Crippen MR) is 126 cm³/mol. The molecule has 1 saturated heterocycles. The Morgan fingerprint density at radius 1 is 1.16 bits per heavy atom. The molecule has 0 N–H and O–H groups in total. The Bertz CT molecular complexity index is 755. The fraction of sp³-hybridized carbons (Fsp3) is 0.760. The molecule has 0 aromatic carbocycles. The molecule has 6 nitrogen and oxygen atoms in total. The van der Waals surface area contributed by atoms with Gasteiger partial charge in [-0.05, 0) is 61.0 Å². The minimum atomic E-state index is -0.930. The van der Waals surface area contributed by atoms with Gasteiger partial charge in [0, 0.05) is 38.3 Å². The number of rotatable bonds is 15. The van der Waals surface area contributed by atoms with E-state index in [2.05, 4.69) is 17.1 Å². The van der Waals surface area contributed by atoms with Crippen LogP contribution in [-0.2, 0) is 31.8 Å². The van der Waals surface area contributed by atoms with Gasteiger partial charge in [0.25, 0.3) is 5.91 Å². The Balaban J connectivity index is 1.45.